The molecule has 0 bridgehead atoms. The zero-order valence-corrected chi connectivity index (χ0v) is 14.4. The Kier molecular flexibility index (Phi) is 5.63. The summed E-state index contributed by atoms with van der Waals surface area (Å²) in [5, 5.41) is 10.4. The monoisotopic (exact) mass is 355 g/mol. The Balaban J connectivity index is 1.48. The molecule has 0 saturated heterocycles. The van der Waals surface area contributed by atoms with Crippen LogP contribution in [-0.2, 0) is 11.3 Å². The van der Waals surface area contributed by atoms with Gasteiger partial charge < -0.3 is 10.1 Å². The molecule has 2 aromatic heterocycles. The predicted octanol–water partition coefficient (Wildman–Crippen LogP) is 2.28. The van der Waals surface area contributed by atoms with Gasteiger partial charge in [0.25, 0.3) is 0 Å². The molecule has 0 aliphatic rings. The molecule has 0 unspecified atom stereocenters. The van der Waals surface area contributed by atoms with Gasteiger partial charge in [0, 0.05) is 24.5 Å². The van der Waals surface area contributed by atoms with Gasteiger partial charge in [-0.05, 0) is 29.8 Å². The minimum absolute atomic E-state index is 0.0805. The minimum atomic E-state index is -0.0805. The van der Waals surface area contributed by atoms with Crippen molar-refractivity contribution >= 4 is 17.7 Å². The number of ether oxygens (including phenoxy) is 1. The fourth-order valence-corrected chi connectivity index (χ4v) is 2.74. The molecule has 1 aromatic carbocycles. The van der Waals surface area contributed by atoms with E-state index in [1.165, 1.54) is 11.8 Å². The quantitative estimate of drug-likeness (QED) is 0.632. The number of hydrogen-bond acceptors (Lipinski definition) is 6. The average Bonchev–Trinajstić information content (AvgIpc) is 3.15. The maximum atomic E-state index is 12.0. The highest BCUT2D eigenvalue weighted by Gasteiger charge is 2.09. The van der Waals surface area contributed by atoms with Crippen molar-refractivity contribution in [2.75, 3.05) is 12.9 Å². The normalized spacial score (nSPS) is 10.4. The lowest BCUT2D eigenvalue weighted by atomic mass is 10.2. The largest absolute Gasteiger partial charge is 0.497 e. The van der Waals surface area contributed by atoms with Crippen LogP contribution in [0.5, 0.6) is 5.75 Å². The lowest BCUT2D eigenvalue weighted by Gasteiger charge is -2.06. The second-order valence-corrected chi connectivity index (χ2v) is 6.06. The molecule has 2 N–H and O–H groups in total. The second-order valence-electron chi connectivity index (χ2n) is 5.12. The van der Waals surface area contributed by atoms with Crippen LogP contribution in [0.2, 0.25) is 0 Å². The van der Waals surface area contributed by atoms with Gasteiger partial charge in [0.15, 0.2) is 5.82 Å². The summed E-state index contributed by atoms with van der Waals surface area (Å²) in [7, 11) is 1.62. The van der Waals surface area contributed by atoms with Gasteiger partial charge >= 0.3 is 0 Å². The van der Waals surface area contributed by atoms with Crippen LogP contribution >= 0.6 is 11.8 Å². The first-order valence-corrected chi connectivity index (χ1v) is 8.58. The number of carbonyl (C=O) groups excluding carboxylic acids is 1. The third-order valence-corrected chi connectivity index (χ3v) is 4.22. The highest BCUT2D eigenvalue weighted by molar-refractivity contribution is 7.99. The van der Waals surface area contributed by atoms with Crippen molar-refractivity contribution in [3.05, 3.63) is 54.4 Å². The molecule has 128 valence electrons. The van der Waals surface area contributed by atoms with Gasteiger partial charge in [0.2, 0.25) is 11.1 Å². The van der Waals surface area contributed by atoms with E-state index in [4.69, 9.17) is 4.74 Å². The third kappa shape index (κ3) is 4.80. The van der Waals surface area contributed by atoms with Crippen molar-refractivity contribution in [1.29, 1.82) is 0 Å². The zero-order chi connectivity index (χ0) is 17.5. The van der Waals surface area contributed by atoms with Crippen molar-refractivity contribution in [3.8, 4) is 17.1 Å². The van der Waals surface area contributed by atoms with Crippen molar-refractivity contribution in [2.24, 2.45) is 0 Å². The first kappa shape index (κ1) is 17.0. The molecule has 0 spiro atoms. The summed E-state index contributed by atoms with van der Waals surface area (Å²) in [6.45, 7) is 0.451. The molecule has 3 rings (SSSR count). The number of aromatic nitrogens is 4. The average molecular weight is 355 g/mol. The molecular weight excluding hydrogens is 338 g/mol. The van der Waals surface area contributed by atoms with Crippen LogP contribution in [0.25, 0.3) is 11.4 Å². The molecule has 3 aromatic rings. The molecule has 0 radical (unpaired) electrons. The Morgan fingerprint density at radius 3 is 2.92 bits per heavy atom. The standard InChI is InChI=1S/C17H17N5O2S/c1-24-14-4-2-3-12(9-14)10-19-15(23)11-25-17-20-16(21-22-17)13-5-7-18-8-6-13/h2-9H,10-11H2,1H3,(H,19,23)(H,20,21,22). The molecule has 0 aliphatic carbocycles. The second kappa shape index (κ2) is 8.29. The number of aromatic amines is 1. The number of thioether (sulfide) groups is 1. The van der Waals surface area contributed by atoms with E-state index >= 15 is 0 Å². The van der Waals surface area contributed by atoms with Crippen molar-refractivity contribution < 1.29 is 9.53 Å². The highest BCUT2D eigenvalue weighted by Crippen LogP contribution is 2.18. The SMILES string of the molecule is COc1cccc(CNC(=O)CSc2n[nH]c(-c3ccncc3)n2)c1. The van der Waals surface area contributed by atoms with Gasteiger partial charge in [-0.3, -0.25) is 14.9 Å². The Bertz CT molecular complexity index is 838. The summed E-state index contributed by atoms with van der Waals surface area (Å²) in [5.41, 5.74) is 1.88. The fourth-order valence-electron chi connectivity index (χ4n) is 2.11. The zero-order valence-electron chi connectivity index (χ0n) is 13.6. The molecular formula is C17H17N5O2S. The van der Waals surface area contributed by atoms with Crippen LogP contribution in [0.4, 0.5) is 0 Å². The van der Waals surface area contributed by atoms with Crippen LogP contribution < -0.4 is 10.1 Å². The number of hydrogen-bond donors (Lipinski definition) is 2. The Morgan fingerprint density at radius 2 is 2.12 bits per heavy atom. The lowest BCUT2D eigenvalue weighted by molar-refractivity contribution is -0.118. The fraction of sp³-hybridized carbons (Fsp3) is 0.176. The molecule has 0 atom stereocenters. The van der Waals surface area contributed by atoms with Crippen LogP contribution in [-0.4, -0.2) is 38.9 Å². The molecule has 0 aliphatic heterocycles. The number of methoxy groups -OCH3 is 1. The van der Waals surface area contributed by atoms with E-state index in [0.717, 1.165) is 16.9 Å². The molecule has 1 amide bonds. The van der Waals surface area contributed by atoms with Crippen LogP contribution in [0.15, 0.2) is 53.9 Å². The Hall–Kier alpha value is -2.87. The van der Waals surface area contributed by atoms with Gasteiger partial charge in [0.1, 0.15) is 5.75 Å². The summed E-state index contributed by atoms with van der Waals surface area (Å²) in [4.78, 5) is 20.3. The number of H-pyrrole nitrogens is 1. The van der Waals surface area contributed by atoms with E-state index in [-0.39, 0.29) is 11.7 Å². The van der Waals surface area contributed by atoms with E-state index in [1.54, 1.807) is 19.5 Å². The number of benzene rings is 1. The first-order chi connectivity index (χ1) is 12.2. The summed E-state index contributed by atoms with van der Waals surface area (Å²) < 4.78 is 5.17. The minimum Gasteiger partial charge on any atom is -0.497 e. The Labute approximate surface area is 149 Å². The van der Waals surface area contributed by atoms with E-state index in [9.17, 15) is 4.79 Å². The summed E-state index contributed by atoms with van der Waals surface area (Å²) in [6.07, 6.45) is 3.38. The maximum Gasteiger partial charge on any atom is 0.230 e. The van der Waals surface area contributed by atoms with Gasteiger partial charge in [-0.25, -0.2) is 4.98 Å². The van der Waals surface area contributed by atoms with Gasteiger partial charge in [-0.2, -0.15) is 0 Å². The number of nitrogens with one attached hydrogen (secondary N) is 2. The summed E-state index contributed by atoms with van der Waals surface area (Å²) in [5.74, 6) is 1.59. The molecule has 2 heterocycles. The van der Waals surface area contributed by atoms with Crippen molar-refractivity contribution in [1.82, 2.24) is 25.5 Å². The number of rotatable bonds is 7. The molecule has 7 nitrogen and oxygen atoms in total. The van der Waals surface area contributed by atoms with E-state index < -0.39 is 0 Å². The maximum absolute atomic E-state index is 12.0. The highest BCUT2D eigenvalue weighted by atomic mass is 32.2. The van der Waals surface area contributed by atoms with Gasteiger partial charge in [-0.1, -0.05) is 23.9 Å². The van der Waals surface area contributed by atoms with E-state index in [0.29, 0.717) is 17.5 Å². The van der Waals surface area contributed by atoms with Gasteiger partial charge in [0.05, 0.1) is 12.9 Å². The summed E-state index contributed by atoms with van der Waals surface area (Å²) in [6, 6.07) is 11.3. The predicted molar refractivity (Wildman–Crippen MR) is 95.2 cm³/mol. The lowest BCUT2D eigenvalue weighted by Crippen LogP contribution is -2.24. The number of carbonyl (C=O) groups is 1. The number of pyridine rings is 1. The van der Waals surface area contributed by atoms with E-state index in [1.807, 2.05) is 36.4 Å². The van der Waals surface area contributed by atoms with Crippen LogP contribution in [0.1, 0.15) is 5.56 Å². The third-order valence-electron chi connectivity index (χ3n) is 3.37. The van der Waals surface area contributed by atoms with Crippen molar-refractivity contribution in [3.63, 3.8) is 0 Å². The number of amides is 1. The summed E-state index contributed by atoms with van der Waals surface area (Å²) >= 11 is 1.28. The van der Waals surface area contributed by atoms with Crippen LogP contribution in [0, 0.1) is 0 Å². The molecule has 25 heavy (non-hydrogen) atoms. The Morgan fingerprint density at radius 1 is 1.28 bits per heavy atom. The molecule has 8 heteroatoms. The van der Waals surface area contributed by atoms with Crippen LogP contribution in [0.3, 0.4) is 0 Å². The van der Waals surface area contributed by atoms with Crippen molar-refractivity contribution in [2.45, 2.75) is 11.7 Å². The molecule has 0 saturated carbocycles. The van der Waals surface area contributed by atoms with E-state index in [2.05, 4.69) is 25.5 Å². The molecule has 0 fully saturated rings. The number of nitrogens with zero attached hydrogens (tertiary/aromatic N) is 3. The van der Waals surface area contributed by atoms with Gasteiger partial charge in [-0.15, -0.1) is 5.10 Å². The topological polar surface area (TPSA) is 92.8 Å². The first-order valence-electron chi connectivity index (χ1n) is 7.60. The smallest absolute Gasteiger partial charge is 0.230 e.